The number of hydrogen-bond acceptors (Lipinski definition) is 6. The number of nitrogens with zero attached hydrogens (tertiary/aromatic N) is 5. The van der Waals surface area contributed by atoms with Gasteiger partial charge in [-0.25, -0.2) is 0 Å². The molecule has 7 heteroatoms. The van der Waals surface area contributed by atoms with Crippen LogP contribution < -0.4 is 0 Å². The van der Waals surface area contributed by atoms with Crippen molar-refractivity contribution in [2.24, 2.45) is 0 Å². The number of aromatic nitrogens is 5. The van der Waals surface area contributed by atoms with Crippen molar-refractivity contribution >= 4 is 11.8 Å². The summed E-state index contributed by atoms with van der Waals surface area (Å²) in [6.07, 6.45) is 2.61. The zero-order chi connectivity index (χ0) is 16.8. The van der Waals surface area contributed by atoms with Gasteiger partial charge in [-0.15, -0.1) is 20.4 Å². The lowest BCUT2D eigenvalue weighted by Gasteiger charge is -2.06. The predicted molar refractivity (Wildman–Crippen MR) is 92.8 cm³/mol. The first-order valence-electron chi connectivity index (χ1n) is 8.20. The Morgan fingerprint density at radius 2 is 1.79 bits per heavy atom. The number of thioether (sulfide) groups is 1. The zero-order valence-electron chi connectivity index (χ0n) is 14.0. The normalized spacial score (nSPS) is 11.1. The van der Waals surface area contributed by atoms with E-state index >= 15 is 0 Å². The van der Waals surface area contributed by atoms with Crippen LogP contribution in [0.15, 0.2) is 39.9 Å². The molecule has 0 atom stereocenters. The molecule has 0 fully saturated rings. The molecule has 0 radical (unpaired) electrons. The van der Waals surface area contributed by atoms with Crippen molar-refractivity contribution in [3.8, 4) is 0 Å². The van der Waals surface area contributed by atoms with E-state index in [1.807, 2.05) is 18.2 Å². The summed E-state index contributed by atoms with van der Waals surface area (Å²) < 4.78 is 7.76. The largest absolute Gasteiger partial charge is 0.424 e. The molecule has 2 aromatic heterocycles. The Kier molecular flexibility index (Phi) is 5.63. The van der Waals surface area contributed by atoms with Gasteiger partial charge in [-0.1, -0.05) is 49.0 Å². The highest BCUT2D eigenvalue weighted by molar-refractivity contribution is 7.98. The molecule has 0 spiro atoms. The van der Waals surface area contributed by atoms with Crippen molar-refractivity contribution in [1.82, 2.24) is 25.0 Å². The first-order chi connectivity index (χ1) is 11.8. The highest BCUT2D eigenvalue weighted by Crippen LogP contribution is 2.22. The summed E-state index contributed by atoms with van der Waals surface area (Å²) in [5, 5.41) is 17.7. The van der Waals surface area contributed by atoms with Crippen molar-refractivity contribution in [3.05, 3.63) is 53.5 Å². The smallest absolute Gasteiger partial charge is 0.226 e. The number of rotatable bonds is 8. The van der Waals surface area contributed by atoms with E-state index in [4.69, 9.17) is 4.42 Å². The molecule has 2 heterocycles. The van der Waals surface area contributed by atoms with E-state index in [1.54, 1.807) is 11.8 Å². The number of hydrogen-bond donors (Lipinski definition) is 0. The lowest BCUT2D eigenvalue weighted by molar-refractivity contribution is 0.462. The van der Waals surface area contributed by atoms with Crippen LogP contribution in [0.1, 0.15) is 43.4 Å². The predicted octanol–water partition coefficient (Wildman–Crippen LogP) is 3.52. The Morgan fingerprint density at radius 1 is 1.00 bits per heavy atom. The van der Waals surface area contributed by atoms with Crippen LogP contribution in [0.4, 0.5) is 0 Å². The third-order valence-corrected chi connectivity index (χ3v) is 4.56. The van der Waals surface area contributed by atoms with E-state index in [0.29, 0.717) is 17.5 Å². The fourth-order valence-corrected chi connectivity index (χ4v) is 3.30. The van der Waals surface area contributed by atoms with Gasteiger partial charge in [0.25, 0.3) is 0 Å². The summed E-state index contributed by atoms with van der Waals surface area (Å²) >= 11 is 1.58. The van der Waals surface area contributed by atoms with Crippen molar-refractivity contribution < 1.29 is 4.42 Å². The van der Waals surface area contributed by atoms with E-state index < -0.39 is 0 Å². The minimum atomic E-state index is 0.611. The molecule has 0 saturated carbocycles. The third kappa shape index (κ3) is 4.03. The topological polar surface area (TPSA) is 69.6 Å². The van der Waals surface area contributed by atoms with Crippen molar-refractivity contribution in [2.45, 2.75) is 50.6 Å². The molecule has 0 unspecified atom stereocenters. The van der Waals surface area contributed by atoms with Crippen molar-refractivity contribution in [3.63, 3.8) is 0 Å². The van der Waals surface area contributed by atoms with Crippen LogP contribution in [0, 0.1) is 0 Å². The fourth-order valence-electron chi connectivity index (χ4n) is 2.44. The van der Waals surface area contributed by atoms with Crippen LogP contribution in [-0.4, -0.2) is 25.0 Å². The summed E-state index contributed by atoms with van der Waals surface area (Å²) in [6, 6.07) is 10.3. The molecule has 126 valence electrons. The van der Waals surface area contributed by atoms with Gasteiger partial charge in [0.05, 0.1) is 5.75 Å². The van der Waals surface area contributed by atoms with Gasteiger partial charge in [-0.3, -0.25) is 0 Å². The van der Waals surface area contributed by atoms with Gasteiger partial charge in [0.15, 0.2) is 5.16 Å². The van der Waals surface area contributed by atoms with Gasteiger partial charge < -0.3 is 8.98 Å². The monoisotopic (exact) mass is 343 g/mol. The SMILES string of the molecule is CCCc1nnc(CSc2nnc(Cc3ccccc3)n2CC)o1. The van der Waals surface area contributed by atoms with E-state index in [2.05, 4.69) is 50.9 Å². The molecule has 0 amide bonds. The molecule has 0 aliphatic heterocycles. The van der Waals surface area contributed by atoms with E-state index in [-0.39, 0.29) is 0 Å². The molecule has 3 rings (SSSR count). The summed E-state index contributed by atoms with van der Waals surface area (Å²) in [7, 11) is 0. The quantitative estimate of drug-likeness (QED) is 0.583. The maximum atomic E-state index is 5.62. The Hall–Kier alpha value is -2.15. The number of aryl methyl sites for hydroxylation is 1. The Balaban J connectivity index is 1.67. The maximum absolute atomic E-state index is 5.62. The number of benzene rings is 1. The molecule has 0 aliphatic rings. The summed E-state index contributed by atoms with van der Waals surface area (Å²) in [5.74, 6) is 2.93. The minimum absolute atomic E-state index is 0.611. The lowest BCUT2D eigenvalue weighted by atomic mass is 10.1. The molecule has 6 nitrogen and oxygen atoms in total. The molecular formula is C17H21N5OS. The molecule has 0 bridgehead atoms. The zero-order valence-corrected chi connectivity index (χ0v) is 14.8. The standard InChI is InChI=1S/C17H21N5OS/c1-3-8-15-19-20-16(23-15)12-24-17-21-18-14(22(17)4-2)11-13-9-6-5-7-10-13/h5-7,9-10H,3-4,8,11-12H2,1-2H3. The first-order valence-corrected chi connectivity index (χ1v) is 9.18. The Bertz CT molecular complexity index is 768. The molecular weight excluding hydrogens is 322 g/mol. The molecule has 0 aliphatic carbocycles. The van der Waals surface area contributed by atoms with Gasteiger partial charge in [0, 0.05) is 19.4 Å². The minimum Gasteiger partial charge on any atom is -0.424 e. The molecule has 3 aromatic rings. The fraction of sp³-hybridized carbons (Fsp3) is 0.412. The molecule has 1 aromatic carbocycles. The van der Waals surface area contributed by atoms with Gasteiger partial charge in [-0.05, 0) is 18.9 Å². The first kappa shape index (κ1) is 16.7. The molecule has 0 saturated heterocycles. The van der Waals surface area contributed by atoms with Gasteiger partial charge in [0.1, 0.15) is 5.82 Å². The Labute approximate surface area is 145 Å². The second-order valence-electron chi connectivity index (χ2n) is 5.43. The second kappa shape index (κ2) is 8.10. The van der Waals surface area contributed by atoms with Crippen LogP contribution in [0.2, 0.25) is 0 Å². The van der Waals surface area contributed by atoms with Gasteiger partial charge >= 0.3 is 0 Å². The third-order valence-electron chi connectivity index (χ3n) is 3.61. The van der Waals surface area contributed by atoms with Crippen LogP contribution in [0.3, 0.4) is 0 Å². The van der Waals surface area contributed by atoms with Crippen molar-refractivity contribution in [1.29, 1.82) is 0 Å². The maximum Gasteiger partial charge on any atom is 0.226 e. The van der Waals surface area contributed by atoms with E-state index in [0.717, 1.165) is 36.8 Å². The van der Waals surface area contributed by atoms with Crippen LogP contribution in [0.25, 0.3) is 0 Å². The molecule has 24 heavy (non-hydrogen) atoms. The highest BCUT2D eigenvalue weighted by atomic mass is 32.2. The van der Waals surface area contributed by atoms with E-state index in [9.17, 15) is 0 Å². The summed E-state index contributed by atoms with van der Waals surface area (Å²) in [4.78, 5) is 0. The van der Waals surface area contributed by atoms with Gasteiger partial charge in [0.2, 0.25) is 11.8 Å². The lowest BCUT2D eigenvalue weighted by Crippen LogP contribution is -2.04. The van der Waals surface area contributed by atoms with E-state index in [1.165, 1.54) is 5.56 Å². The summed E-state index contributed by atoms with van der Waals surface area (Å²) in [5.41, 5.74) is 1.23. The summed E-state index contributed by atoms with van der Waals surface area (Å²) in [6.45, 7) is 5.03. The van der Waals surface area contributed by atoms with Crippen LogP contribution >= 0.6 is 11.8 Å². The van der Waals surface area contributed by atoms with Gasteiger partial charge in [-0.2, -0.15) is 0 Å². The highest BCUT2D eigenvalue weighted by Gasteiger charge is 2.14. The Morgan fingerprint density at radius 3 is 2.54 bits per heavy atom. The van der Waals surface area contributed by atoms with Crippen LogP contribution in [-0.2, 0) is 25.1 Å². The van der Waals surface area contributed by atoms with Crippen molar-refractivity contribution in [2.75, 3.05) is 0 Å². The average molecular weight is 343 g/mol. The second-order valence-corrected chi connectivity index (χ2v) is 6.38. The van der Waals surface area contributed by atoms with Crippen LogP contribution in [0.5, 0.6) is 0 Å². The molecule has 0 N–H and O–H groups in total. The average Bonchev–Trinajstić information content (AvgIpc) is 3.21.